The summed E-state index contributed by atoms with van der Waals surface area (Å²) in [5.41, 5.74) is 2.42. The molecule has 1 saturated carbocycles. The second-order valence-corrected chi connectivity index (χ2v) is 5.64. The third kappa shape index (κ3) is 4.84. The lowest BCUT2D eigenvalue weighted by atomic mass is 10.1. The van der Waals surface area contributed by atoms with Gasteiger partial charge in [0.15, 0.2) is 0 Å². The SMILES string of the molecule is COc1ccc(CNC(C)C)cc1COCC1CC1. The van der Waals surface area contributed by atoms with Crippen LogP contribution in [0.5, 0.6) is 5.75 Å². The van der Waals surface area contributed by atoms with E-state index < -0.39 is 0 Å². The van der Waals surface area contributed by atoms with Crippen LogP contribution in [-0.2, 0) is 17.9 Å². The molecule has 19 heavy (non-hydrogen) atoms. The van der Waals surface area contributed by atoms with Gasteiger partial charge in [0.1, 0.15) is 5.75 Å². The Morgan fingerprint density at radius 2 is 2.11 bits per heavy atom. The van der Waals surface area contributed by atoms with Crippen molar-refractivity contribution in [3.63, 3.8) is 0 Å². The minimum atomic E-state index is 0.497. The normalized spacial score (nSPS) is 14.9. The van der Waals surface area contributed by atoms with Crippen LogP contribution in [0.25, 0.3) is 0 Å². The molecule has 0 aromatic heterocycles. The molecule has 0 bridgehead atoms. The van der Waals surface area contributed by atoms with Crippen molar-refractivity contribution in [3.05, 3.63) is 29.3 Å². The van der Waals surface area contributed by atoms with Crippen LogP contribution in [0.4, 0.5) is 0 Å². The van der Waals surface area contributed by atoms with Gasteiger partial charge in [0, 0.05) is 24.8 Å². The molecule has 1 aromatic carbocycles. The fourth-order valence-electron chi connectivity index (χ4n) is 2.00. The van der Waals surface area contributed by atoms with Gasteiger partial charge in [-0.1, -0.05) is 19.9 Å². The van der Waals surface area contributed by atoms with E-state index in [9.17, 15) is 0 Å². The molecule has 106 valence electrons. The molecule has 1 N–H and O–H groups in total. The first-order valence-corrected chi connectivity index (χ1v) is 7.16. The van der Waals surface area contributed by atoms with Crippen LogP contribution in [0.1, 0.15) is 37.8 Å². The highest BCUT2D eigenvalue weighted by Gasteiger charge is 2.21. The van der Waals surface area contributed by atoms with Crippen LogP contribution in [0.2, 0.25) is 0 Å². The maximum atomic E-state index is 5.77. The average Bonchev–Trinajstić information content (AvgIpc) is 3.20. The first-order valence-electron chi connectivity index (χ1n) is 7.16. The smallest absolute Gasteiger partial charge is 0.124 e. The summed E-state index contributed by atoms with van der Waals surface area (Å²) in [7, 11) is 1.71. The largest absolute Gasteiger partial charge is 0.496 e. The second kappa shape index (κ2) is 6.92. The Bertz CT molecular complexity index is 400. The van der Waals surface area contributed by atoms with Crippen LogP contribution in [0, 0.1) is 5.92 Å². The number of hydrogen-bond acceptors (Lipinski definition) is 3. The summed E-state index contributed by atoms with van der Waals surface area (Å²) < 4.78 is 11.2. The van der Waals surface area contributed by atoms with Gasteiger partial charge in [-0.2, -0.15) is 0 Å². The standard InChI is InChI=1S/C16H25NO2/c1-12(2)17-9-14-6-7-16(18-3)15(8-14)11-19-10-13-4-5-13/h6-8,12-13,17H,4-5,9-11H2,1-3H3. The molecule has 2 rings (SSSR count). The van der Waals surface area contributed by atoms with Crippen LogP contribution >= 0.6 is 0 Å². The molecule has 1 aromatic rings. The molecule has 3 nitrogen and oxygen atoms in total. The average molecular weight is 263 g/mol. The molecule has 1 fully saturated rings. The molecule has 0 aliphatic heterocycles. The van der Waals surface area contributed by atoms with Gasteiger partial charge in [-0.25, -0.2) is 0 Å². The highest BCUT2D eigenvalue weighted by Crippen LogP contribution is 2.29. The molecular weight excluding hydrogens is 238 g/mol. The Labute approximate surface area is 116 Å². The molecule has 0 heterocycles. The lowest BCUT2D eigenvalue weighted by molar-refractivity contribution is 0.109. The predicted octanol–water partition coefficient (Wildman–Crippen LogP) is 3.12. The molecule has 0 spiro atoms. The number of methoxy groups -OCH3 is 1. The maximum absolute atomic E-state index is 5.77. The number of hydrogen-bond donors (Lipinski definition) is 1. The summed E-state index contributed by atoms with van der Waals surface area (Å²) in [6.07, 6.45) is 2.66. The number of ether oxygens (including phenoxy) is 2. The minimum Gasteiger partial charge on any atom is -0.496 e. The van der Waals surface area contributed by atoms with Gasteiger partial charge in [0.05, 0.1) is 13.7 Å². The van der Waals surface area contributed by atoms with Gasteiger partial charge in [-0.05, 0) is 36.5 Å². The van der Waals surface area contributed by atoms with Crippen molar-refractivity contribution in [2.45, 2.75) is 45.9 Å². The lowest BCUT2D eigenvalue weighted by Gasteiger charge is -2.13. The lowest BCUT2D eigenvalue weighted by Crippen LogP contribution is -2.21. The molecule has 1 aliphatic carbocycles. The Balaban J connectivity index is 1.93. The summed E-state index contributed by atoms with van der Waals surface area (Å²) in [5, 5.41) is 3.43. The van der Waals surface area contributed by atoms with Gasteiger partial charge in [0.2, 0.25) is 0 Å². The van der Waals surface area contributed by atoms with Gasteiger partial charge in [0.25, 0.3) is 0 Å². The van der Waals surface area contributed by atoms with Crippen LogP contribution in [0.3, 0.4) is 0 Å². The van der Waals surface area contributed by atoms with E-state index in [0.29, 0.717) is 12.6 Å². The minimum absolute atomic E-state index is 0.497. The number of rotatable bonds is 8. The molecular formula is C16H25NO2. The quantitative estimate of drug-likeness (QED) is 0.781. The third-order valence-corrected chi connectivity index (χ3v) is 3.37. The maximum Gasteiger partial charge on any atom is 0.124 e. The number of benzene rings is 1. The molecule has 0 atom stereocenters. The van der Waals surface area contributed by atoms with E-state index in [4.69, 9.17) is 9.47 Å². The topological polar surface area (TPSA) is 30.5 Å². The first-order chi connectivity index (χ1) is 9.19. The van der Waals surface area contributed by atoms with E-state index in [1.165, 1.54) is 18.4 Å². The monoisotopic (exact) mass is 263 g/mol. The van der Waals surface area contributed by atoms with Crippen molar-refractivity contribution in [1.82, 2.24) is 5.32 Å². The summed E-state index contributed by atoms with van der Waals surface area (Å²) >= 11 is 0. The zero-order chi connectivity index (χ0) is 13.7. The van der Waals surface area contributed by atoms with Crippen molar-refractivity contribution in [2.75, 3.05) is 13.7 Å². The van der Waals surface area contributed by atoms with E-state index in [2.05, 4.69) is 31.3 Å². The molecule has 1 aliphatic rings. The van der Waals surface area contributed by atoms with Gasteiger partial charge in [-0.15, -0.1) is 0 Å². The first kappa shape index (κ1) is 14.4. The Hall–Kier alpha value is -1.06. The second-order valence-electron chi connectivity index (χ2n) is 5.64. The summed E-state index contributed by atoms with van der Waals surface area (Å²) in [6, 6.07) is 6.82. The summed E-state index contributed by atoms with van der Waals surface area (Å²) in [5.74, 6) is 1.72. The van der Waals surface area contributed by atoms with Crippen LogP contribution in [0.15, 0.2) is 18.2 Å². The summed E-state index contributed by atoms with van der Waals surface area (Å²) in [4.78, 5) is 0. The van der Waals surface area contributed by atoms with E-state index in [1.807, 2.05) is 6.07 Å². The van der Waals surface area contributed by atoms with Crippen LogP contribution in [-0.4, -0.2) is 19.8 Å². The molecule has 0 radical (unpaired) electrons. The van der Waals surface area contributed by atoms with E-state index in [0.717, 1.165) is 30.4 Å². The highest BCUT2D eigenvalue weighted by atomic mass is 16.5. The Morgan fingerprint density at radius 1 is 1.32 bits per heavy atom. The van der Waals surface area contributed by atoms with Crippen molar-refractivity contribution in [2.24, 2.45) is 5.92 Å². The fourth-order valence-corrected chi connectivity index (χ4v) is 2.00. The van der Waals surface area contributed by atoms with Crippen LogP contribution < -0.4 is 10.1 Å². The van der Waals surface area contributed by atoms with Gasteiger partial charge < -0.3 is 14.8 Å². The van der Waals surface area contributed by atoms with Crippen molar-refractivity contribution >= 4 is 0 Å². The predicted molar refractivity (Wildman–Crippen MR) is 77.3 cm³/mol. The number of nitrogens with one attached hydrogen (secondary N) is 1. The van der Waals surface area contributed by atoms with Crippen molar-refractivity contribution in [3.8, 4) is 5.75 Å². The fraction of sp³-hybridized carbons (Fsp3) is 0.625. The van der Waals surface area contributed by atoms with Gasteiger partial charge in [-0.3, -0.25) is 0 Å². The van der Waals surface area contributed by atoms with E-state index in [1.54, 1.807) is 7.11 Å². The molecule has 0 amide bonds. The van der Waals surface area contributed by atoms with Crippen molar-refractivity contribution in [1.29, 1.82) is 0 Å². The highest BCUT2D eigenvalue weighted by molar-refractivity contribution is 5.36. The molecule has 3 heteroatoms. The molecule has 0 unspecified atom stereocenters. The van der Waals surface area contributed by atoms with Crippen molar-refractivity contribution < 1.29 is 9.47 Å². The zero-order valence-electron chi connectivity index (χ0n) is 12.2. The third-order valence-electron chi connectivity index (χ3n) is 3.37. The zero-order valence-corrected chi connectivity index (χ0v) is 12.2. The Morgan fingerprint density at radius 3 is 2.74 bits per heavy atom. The van der Waals surface area contributed by atoms with E-state index in [-0.39, 0.29) is 0 Å². The Kier molecular flexibility index (Phi) is 5.23. The van der Waals surface area contributed by atoms with Gasteiger partial charge >= 0.3 is 0 Å². The summed E-state index contributed by atoms with van der Waals surface area (Å²) in [6.45, 7) is 6.73. The van der Waals surface area contributed by atoms with E-state index >= 15 is 0 Å². The molecule has 0 saturated heterocycles.